The predicted octanol–water partition coefficient (Wildman–Crippen LogP) is 1.74. The Morgan fingerprint density at radius 3 is 2.77 bits per heavy atom. The summed E-state index contributed by atoms with van der Waals surface area (Å²) in [5, 5.41) is 10.2. The van der Waals surface area contributed by atoms with E-state index in [1.165, 1.54) is 16.2 Å². The van der Waals surface area contributed by atoms with Gasteiger partial charge in [-0.25, -0.2) is 0 Å². The molecule has 0 fully saturated rings. The molecule has 144 valence electrons. The number of hydrogen-bond donors (Lipinski definition) is 2. The first-order valence-corrected chi connectivity index (χ1v) is 9.43. The third kappa shape index (κ3) is 6.48. The van der Waals surface area contributed by atoms with Crippen LogP contribution in [-0.2, 0) is 17.8 Å². The van der Waals surface area contributed by atoms with Gasteiger partial charge in [0.05, 0.1) is 19.4 Å². The summed E-state index contributed by atoms with van der Waals surface area (Å²) in [6.45, 7) is 6.14. The Hall–Kier alpha value is -1.82. The molecule has 0 amide bonds. The Morgan fingerprint density at radius 2 is 2.04 bits per heavy atom. The lowest BCUT2D eigenvalue weighted by Gasteiger charge is -2.23. The Bertz CT molecular complexity index is 642. The molecule has 2 atom stereocenters. The van der Waals surface area contributed by atoms with Gasteiger partial charge in [-0.05, 0) is 36.2 Å². The van der Waals surface area contributed by atoms with Crippen molar-refractivity contribution in [1.82, 2.24) is 4.57 Å². The van der Waals surface area contributed by atoms with Crippen LogP contribution in [0.5, 0.6) is 5.75 Å². The summed E-state index contributed by atoms with van der Waals surface area (Å²) >= 11 is 0. The maximum absolute atomic E-state index is 10.2. The lowest BCUT2D eigenvalue weighted by Crippen LogP contribution is -3.12. The standard InChI is InChI=1S/C21H32N2O3/c1-4-7-20(24)17-22(12-13-25-2)16-19-9-6-11-23(19)15-18-8-5-10-21(14-18)26-3/h5-6,8-11,14,20,24H,4,7,12-13,15-17H2,1-3H3/p+1/t20-/m0/s1. The summed E-state index contributed by atoms with van der Waals surface area (Å²) in [5.41, 5.74) is 2.48. The van der Waals surface area contributed by atoms with E-state index in [2.05, 4.69) is 42.0 Å². The second kappa shape index (κ2) is 11.0. The Balaban J connectivity index is 2.05. The zero-order valence-electron chi connectivity index (χ0n) is 16.3. The predicted molar refractivity (Wildman–Crippen MR) is 104 cm³/mol. The molecule has 0 aliphatic heterocycles. The Morgan fingerprint density at radius 1 is 1.19 bits per heavy atom. The number of hydrogen-bond acceptors (Lipinski definition) is 3. The van der Waals surface area contributed by atoms with E-state index in [9.17, 15) is 5.11 Å². The molecule has 1 aromatic heterocycles. The van der Waals surface area contributed by atoms with Gasteiger partial charge in [0.15, 0.2) is 0 Å². The highest BCUT2D eigenvalue weighted by Crippen LogP contribution is 2.14. The number of rotatable bonds is 12. The monoisotopic (exact) mass is 361 g/mol. The first kappa shape index (κ1) is 20.5. The molecule has 2 aromatic rings. The van der Waals surface area contributed by atoms with Crippen LogP contribution in [0, 0.1) is 0 Å². The first-order valence-electron chi connectivity index (χ1n) is 9.43. The summed E-state index contributed by atoms with van der Waals surface area (Å²) < 4.78 is 12.9. The molecule has 0 aliphatic carbocycles. The molecule has 2 rings (SSSR count). The van der Waals surface area contributed by atoms with Crippen LogP contribution in [0.15, 0.2) is 42.6 Å². The molecular formula is C21H33N2O3+. The van der Waals surface area contributed by atoms with E-state index in [1.807, 2.05) is 12.1 Å². The van der Waals surface area contributed by atoms with E-state index in [4.69, 9.17) is 9.47 Å². The van der Waals surface area contributed by atoms with Crippen LogP contribution in [-0.4, -0.2) is 49.7 Å². The highest BCUT2D eigenvalue weighted by atomic mass is 16.5. The molecule has 1 heterocycles. The number of nitrogens with zero attached hydrogens (tertiary/aromatic N) is 1. The van der Waals surface area contributed by atoms with Gasteiger partial charge in [0.1, 0.15) is 31.5 Å². The SMILES string of the molecule is CCC[C@H](O)C[NH+](CCOC)Cc1cccn1Cc1cccc(OC)c1. The van der Waals surface area contributed by atoms with Gasteiger partial charge in [0.2, 0.25) is 0 Å². The molecule has 2 N–H and O–H groups in total. The smallest absolute Gasteiger partial charge is 0.119 e. The van der Waals surface area contributed by atoms with Crippen molar-refractivity contribution in [2.75, 3.05) is 33.9 Å². The number of aliphatic hydroxyl groups is 1. The van der Waals surface area contributed by atoms with Crippen LogP contribution in [0.4, 0.5) is 0 Å². The summed E-state index contributed by atoms with van der Waals surface area (Å²) in [7, 11) is 3.42. The molecule has 26 heavy (non-hydrogen) atoms. The molecule has 1 unspecified atom stereocenters. The van der Waals surface area contributed by atoms with Crippen LogP contribution in [0.2, 0.25) is 0 Å². The van der Waals surface area contributed by atoms with Crippen molar-refractivity contribution >= 4 is 0 Å². The summed E-state index contributed by atoms with van der Waals surface area (Å²) in [5.74, 6) is 0.881. The van der Waals surface area contributed by atoms with E-state index >= 15 is 0 Å². The van der Waals surface area contributed by atoms with Gasteiger partial charge in [0, 0.05) is 19.9 Å². The third-order valence-electron chi connectivity index (χ3n) is 4.65. The molecule has 0 saturated carbocycles. The van der Waals surface area contributed by atoms with Gasteiger partial charge in [-0.1, -0.05) is 25.5 Å². The van der Waals surface area contributed by atoms with Gasteiger partial charge < -0.3 is 24.0 Å². The number of aliphatic hydroxyl groups excluding tert-OH is 1. The lowest BCUT2D eigenvalue weighted by atomic mass is 10.2. The Labute approximate surface area is 157 Å². The second-order valence-corrected chi connectivity index (χ2v) is 6.80. The van der Waals surface area contributed by atoms with E-state index in [-0.39, 0.29) is 6.10 Å². The summed E-state index contributed by atoms with van der Waals surface area (Å²) in [4.78, 5) is 1.35. The minimum Gasteiger partial charge on any atom is -0.497 e. The van der Waals surface area contributed by atoms with Crippen molar-refractivity contribution in [2.45, 2.75) is 39.0 Å². The molecule has 0 aliphatic rings. The maximum Gasteiger partial charge on any atom is 0.119 e. The molecule has 0 radical (unpaired) electrons. The molecule has 0 spiro atoms. The second-order valence-electron chi connectivity index (χ2n) is 6.80. The van der Waals surface area contributed by atoms with Crippen LogP contribution in [0.3, 0.4) is 0 Å². The number of benzene rings is 1. The van der Waals surface area contributed by atoms with E-state index in [0.29, 0.717) is 6.61 Å². The number of methoxy groups -OCH3 is 2. The lowest BCUT2D eigenvalue weighted by molar-refractivity contribution is -0.917. The quantitative estimate of drug-likeness (QED) is 0.605. The van der Waals surface area contributed by atoms with Crippen molar-refractivity contribution in [2.24, 2.45) is 0 Å². The van der Waals surface area contributed by atoms with Crippen LogP contribution in [0.25, 0.3) is 0 Å². The molecule has 0 bridgehead atoms. The van der Waals surface area contributed by atoms with Crippen molar-refractivity contribution in [3.8, 4) is 5.75 Å². The number of aromatic nitrogens is 1. The number of ether oxygens (including phenoxy) is 2. The zero-order chi connectivity index (χ0) is 18.8. The Kier molecular flexibility index (Phi) is 8.68. The average Bonchev–Trinajstić information content (AvgIpc) is 3.06. The summed E-state index contributed by atoms with van der Waals surface area (Å²) in [6.07, 6.45) is 3.71. The van der Waals surface area contributed by atoms with Gasteiger partial charge in [-0.3, -0.25) is 0 Å². The van der Waals surface area contributed by atoms with Crippen LogP contribution in [0.1, 0.15) is 31.0 Å². The highest BCUT2D eigenvalue weighted by molar-refractivity contribution is 5.29. The van der Waals surface area contributed by atoms with Crippen molar-refractivity contribution in [3.05, 3.63) is 53.9 Å². The van der Waals surface area contributed by atoms with Gasteiger partial charge >= 0.3 is 0 Å². The molecule has 5 heteroatoms. The highest BCUT2D eigenvalue weighted by Gasteiger charge is 2.17. The van der Waals surface area contributed by atoms with E-state index in [1.54, 1.807) is 14.2 Å². The van der Waals surface area contributed by atoms with Crippen LogP contribution >= 0.6 is 0 Å². The van der Waals surface area contributed by atoms with E-state index in [0.717, 1.165) is 44.8 Å². The maximum atomic E-state index is 10.2. The number of nitrogens with one attached hydrogen (secondary N) is 1. The molecular weight excluding hydrogens is 328 g/mol. The topological polar surface area (TPSA) is 48.1 Å². The van der Waals surface area contributed by atoms with Crippen molar-refractivity contribution in [1.29, 1.82) is 0 Å². The van der Waals surface area contributed by atoms with Gasteiger partial charge in [0.25, 0.3) is 0 Å². The number of quaternary nitrogens is 1. The fourth-order valence-corrected chi connectivity index (χ4v) is 3.27. The first-order chi connectivity index (χ1) is 12.7. The minimum absolute atomic E-state index is 0.256. The van der Waals surface area contributed by atoms with Crippen molar-refractivity contribution in [3.63, 3.8) is 0 Å². The van der Waals surface area contributed by atoms with Gasteiger partial charge in [-0.2, -0.15) is 0 Å². The molecule has 0 saturated heterocycles. The minimum atomic E-state index is -0.256. The van der Waals surface area contributed by atoms with Crippen molar-refractivity contribution < 1.29 is 19.5 Å². The van der Waals surface area contributed by atoms with Crippen LogP contribution < -0.4 is 9.64 Å². The van der Waals surface area contributed by atoms with Gasteiger partial charge in [-0.15, -0.1) is 0 Å². The largest absolute Gasteiger partial charge is 0.497 e. The molecule has 1 aromatic carbocycles. The third-order valence-corrected chi connectivity index (χ3v) is 4.65. The normalized spacial score (nSPS) is 13.5. The zero-order valence-corrected chi connectivity index (χ0v) is 16.3. The van der Waals surface area contributed by atoms with E-state index < -0.39 is 0 Å². The average molecular weight is 362 g/mol. The fraction of sp³-hybridized carbons (Fsp3) is 0.524. The summed E-state index contributed by atoms with van der Waals surface area (Å²) in [6, 6.07) is 12.4. The molecule has 5 nitrogen and oxygen atoms in total. The fourth-order valence-electron chi connectivity index (χ4n) is 3.27.